The second kappa shape index (κ2) is 7.07. The average molecular weight is 286 g/mol. The summed E-state index contributed by atoms with van der Waals surface area (Å²) in [6, 6.07) is 9.55. The van der Waals surface area contributed by atoms with Crippen LogP contribution in [0.5, 0.6) is 0 Å². The molecule has 1 aliphatic rings. The second-order valence-corrected chi connectivity index (χ2v) is 5.29. The summed E-state index contributed by atoms with van der Waals surface area (Å²) >= 11 is 0. The summed E-state index contributed by atoms with van der Waals surface area (Å²) in [6.45, 7) is 5.15. The maximum absolute atomic E-state index is 12.2. The Balaban J connectivity index is 1.99. The first-order valence-corrected chi connectivity index (χ1v) is 7.43. The fourth-order valence-electron chi connectivity index (χ4n) is 2.53. The molecular weight excluding hydrogens is 264 g/mol. The van der Waals surface area contributed by atoms with Gasteiger partial charge < -0.3 is 9.80 Å². The summed E-state index contributed by atoms with van der Waals surface area (Å²) in [5, 5.41) is 0. The molecule has 112 valence electrons. The lowest BCUT2D eigenvalue weighted by atomic mass is 10.1. The van der Waals surface area contributed by atoms with E-state index in [1.165, 1.54) is 0 Å². The van der Waals surface area contributed by atoms with Crippen molar-refractivity contribution in [2.75, 3.05) is 19.6 Å². The maximum atomic E-state index is 12.2. The van der Waals surface area contributed by atoms with E-state index in [2.05, 4.69) is 0 Å². The number of piperazine rings is 1. The van der Waals surface area contributed by atoms with Crippen LogP contribution in [-0.4, -0.2) is 47.3 Å². The van der Waals surface area contributed by atoms with E-state index in [9.17, 15) is 9.59 Å². The van der Waals surface area contributed by atoms with Gasteiger partial charge in [0.1, 0.15) is 6.04 Å². The highest BCUT2D eigenvalue weighted by molar-refractivity contribution is 5.94. The van der Waals surface area contributed by atoms with Gasteiger partial charge in [-0.05, 0) is 18.9 Å². The largest absolute Gasteiger partial charge is 0.332 e. The first-order chi connectivity index (χ1) is 10.1. The lowest BCUT2D eigenvalue weighted by Gasteiger charge is -2.38. The number of hydrogen-bond donors (Lipinski definition) is 0. The molecule has 1 atom stereocenters. The Bertz CT molecular complexity index is 525. The van der Waals surface area contributed by atoms with Crippen molar-refractivity contribution in [1.29, 1.82) is 0 Å². The second-order valence-electron chi connectivity index (χ2n) is 5.29. The number of rotatable bonds is 5. The number of hydrogen-bond acceptors (Lipinski definition) is 2. The van der Waals surface area contributed by atoms with Crippen molar-refractivity contribution >= 4 is 17.9 Å². The zero-order chi connectivity index (χ0) is 15.2. The van der Waals surface area contributed by atoms with Gasteiger partial charge in [-0.25, -0.2) is 0 Å². The van der Waals surface area contributed by atoms with Crippen LogP contribution in [0.15, 0.2) is 36.4 Å². The minimum atomic E-state index is -0.377. The minimum absolute atomic E-state index is 0.0215. The SMILES string of the molecule is CCCN1CC(=O)N(CC=Cc2ccccc2)[C@@H](C)C1=O. The molecule has 1 aliphatic heterocycles. The molecule has 0 aromatic heterocycles. The summed E-state index contributed by atoms with van der Waals surface area (Å²) in [5.74, 6) is 0.0674. The summed E-state index contributed by atoms with van der Waals surface area (Å²) in [4.78, 5) is 27.7. The van der Waals surface area contributed by atoms with Crippen LogP contribution in [0.3, 0.4) is 0 Å². The van der Waals surface area contributed by atoms with Crippen molar-refractivity contribution in [3.05, 3.63) is 42.0 Å². The first kappa shape index (κ1) is 15.3. The zero-order valence-corrected chi connectivity index (χ0v) is 12.7. The fourth-order valence-corrected chi connectivity index (χ4v) is 2.53. The van der Waals surface area contributed by atoms with E-state index in [1.54, 1.807) is 16.7 Å². The van der Waals surface area contributed by atoms with E-state index in [4.69, 9.17) is 0 Å². The van der Waals surface area contributed by atoms with Crippen LogP contribution in [-0.2, 0) is 9.59 Å². The Labute approximate surface area is 126 Å². The Kier molecular flexibility index (Phi) is 5.14. The maximum Gasteiger partial charge on any atom is 0.245 e. The Morgan fingerprint density at radius 1 is 1.24 bits per heavy atom. The summed E-state index contributed by atoms with van der Waals surface area (Å²) in [7, 11) is 0. The van der Waals surface area contributed by atoms with Crippen molar-refractivity contribution < 1.29 is 9.59 Å². The van der Waals surface area contributed by atoms with Crippen LogP contribution in [0.2, 0.25) is 0 Å². The summed E-state index contributed by atoms with van der Waals surface area (Å²) < 4.78 is 0. The van der Waals surface area contributed by atoms with Crippen LogP contribution >= 0.6 is 0 Å². The van der Waals surface area contributed by atoms with E-state index in [0.29, 0.717) is 13.1 Å². The molecule has 0 radical (unpaired) electrons. The highest BCUT2D eigenvalue weighted by Gasteiger charge is 2.35. The van der Waals surface area contributed by atoms with Gasteiger partial charge in [0.25, 0.3) is 0 Å². The lowest BCUT2D eigenvalue weighted by molar-refractivity contribution is -0.154. The van der Waals surface area contributed by atoms with Gasteiger partial charge in [-0.1, -0.05) is 49.4 Å². The molecule has 4 heteroatoms. The van der Waals surface area contributed by atoms with Gasteiger partial charge in [0.2, 0.25) is 11.8 Å². The van der Waals surface area contributed by atoms with Crippen molar-refractivity contribution in [2.24, 2.45) is 0 Å². The first-order valence-electron chi connectivity index (χ1n) is 7.43. The predicted molar refractivity (Wildman–Crippen MR) is 83.5 cm³/mol. The van der Waals surface area contributed by atoms with E-state index in [0.717, 1.165) is 12.0 Å². The molecule has 1 aromatic rings. The molecule has 1 aromatic carbocycles. The van der Waals surface area contributed by atoms with E-state index >= 15 is 0 Å². The van der Waals surface area contributed by atoms with E-state index in [1.807, 2.05) is 49.4 Å². The Hall–Kier alpha value is -2.10. The van der Waals surface area contributed by atoms with Crippen molar-refractivity contribution in [2.45, 2.75) is 26.3 Å². The van der Waals surface area contributed by atoms with Crippen LogP contribution in [0.25, 0.3) is 6.08 Å². The van der Waals surface area contributed by atoms with Crippen LogP contribution in [0, 0.1) is 0 Å². The number of carbonyl (C=O) groups excluding carboxylic acids is 2. The molecule has 0 aliphatic carbocycles. The number of carbonyl (C=O) groups is 2. The molecule has 0 N–H and O–H groups in total. The van der Waals surface area contributed by atoms with Gasteiger partial charge >= 0.3 is 0 Å². The van der Waals surface area contributed by atoms with E-state index in [-0.39, 0.29) is 24.4 Å². The molecule has 1 heterocycles. The minimum Gasteiger partial charge on any atom is -0.332 e. The third-order valence-electron chi connectivity index (χ3n) is 3.69. The molecular formula is C17H22N2O2. The smallest absolute Gasteiger partial charge is 0.245 e. The number of benzene rings is 1. The predicted octanol–water partition coefficient (Wildman–Crippen LogP) is 2.17. The summed E-state index contributed by atoms with van der Waals surface area (Å²) in [5.41, 5.74) is 1.09. The molecule has 0 spiro atoms. The third kappa shape index (κ3) is 3.72. The van der Waals surface area contributed by atoms with Crippen LogP contribution < -0.4 is 0 Å². The van der Waals surface area contributed by atoms with Gasteiger partial charge in [0.05, 0.1) is 6.54 Å². The third-order valence-corrected chi connectivity index (χ3v) is 3.69. The van der Waals surface area contributed by atoms with Gasteiger partial charge in [-0.15, -0.1) is 0 Å². The van der Waals surface area contributed by atoms with Gasteiger partial charge in [-0.2, -0.15) is 0 Å². The van der Waals surface area contributed by atoms with E-state index < -0.39 is 0 Å². The average Bonchev–Trinajstić information content (AvgIpc) is 2.49. The molecule has 4 nitrogen and oxygen atoms in total. The van der Waals surface area contributed by atoms with Crippen molar-refractivity contribution in [3.8, 4) is 0 Å². The Morgan fingerprint density at radius 3 is 2.62 bits per heavy atom. The highest BCUT2D eigenvalue weighted by atomic mass is 16.2. The summed E-state index contributed by atoms with van der Waals surface area (Å²) in [6.07, 6.45) is 4.79. The highest BCUT2D eigenvalue weighted by Crippen LogP contribution is 2.13. The molecule has 2 amide bonds. The molecule has 2 rings (SSSR count). The zero-order valence-electron chi connectivity index (χ0n) is 12.7. The molecule has 1 fully saturated rings. The van der Waals surface area contributed by atoms with Crippen LogP contribution in [0.4, 0.5) is 0 Å². The molecule has 0 saturated carbocycles. The van der Waals surface area contributed by atoms with Crippen molar-refractivity contribution in [3.63, 3.8) is 0 Å². The lowest BCUT2D eigenvalue weighted by Crippen LogP contribution is -2.58. The standard InChI is InChI=1S/C17H22N2O2/c1-3-11-18-13-16(20)19(14(2)17(18)21)12-7-10-15-8-5-4-6-9-15/h4-10,14H,3,11-13H2,1-2H3/t14-/m0/s1. The molecule has 1 saturated heterocycles. The molecule has 0 bridgehead atoms. The van der Waals surface area contributed by atoms with Gasteiger partial charge in [0.15, 0.2) is 0 Å². The van der Waals surface area contributed by atoms with Crippen molar-refractivity contribution in [1.82, 2.24) is 9.80 Å². The molecule has 21 heavy (non-hydrogen) atoms. The van der Waals surface area contributed by atoms with Gasteiger partial charge in [0, 0.05) is 13.1 Å². The normalized spacial score (nSPS) is 19.6. The van der Waals surface area contributed by atoms with Crippen LogP contribution in [0.1, 0.15) is 25.8 Å². The monoisotopic (exact) mass is 286 g/mol. The fraction of sp³-hybridized carbons (Fsp3) is 0.412. The Morgan fingerprint density at radius 2 is 1.95 bits per heavy atom. The number of amides is 2. The van der Waals surface area contributed by atoms with Gasteiger partial charge in [-0.3, -0.25) is 9.59 Å². The molecule has 0 unspecified atom stereocenters. The quantitative estimate of drug-likeness (QED) is 0.832. The topological polar surface area (TPSA) is 40.6 Å². The number of nitrogens with zero attached hydrogens (tertiary/aromatic N) is 2.